The number of hydrogen-bond donors (Lipinski definition) is 1. The molecule has 2 aromatic carbocycles. The summed E-state index contributed by atoms with van der Waals surface area (Å²) in [6.45, 7) is 3.17. The van der Waals surface area contributed by atoms with Crippen LogP contribution in [0.3, 0.4) is 0 Å². The lowest BCUT2D eigenvalue weighted by molar-refractivity contribution is -0.113. The van der Waals surface area contributed by atoms with Gasteiger partial charge in [0, 0.05) is 36.9 Å². The van der Waals surface area contributed by atoms with Gasteiger partial charge in [-0.05, 0) is 53.7 Å². The second-order valence-electron chi connectivity index (χ2n) is 7.04. The second kappa shape index (κ2) is 9.11. The predicted octanol–water partition coefficient (Wildman–Crippen LogP) is 3.86. The Labute approximate surface area is 189 Å². The summed E-state index contributed by atoms with van der Waals surface area (Å²) in [5.74, 6) is 0.204. The molecule has 0 bridgehead atoms. The zero-order valence-corrected chi connectivity index (χ0v) is 18.7. The van der Waals surface area contributed by atoms with E-state index in [1.54, 1.807) is 18.2 Å². The topological polar surface area (TPSA) is 74.6 Å². The van der Waals surface area contributed by atoms with Crippen LogP contribution in [-0.4, -0.2) is 61.5 Å². The standard InChI is InChI=1S/C22H22ClN3O4S/c1-29-17-10-14(11-18(30-2)20(17)27)12-19-21(28)24-22(31-19)26-8-6-25(7-9-26)16-5-3-4-15(23)13-16/h3-5,10-13,27H,6-9H2,1-2H3/b19-12-. The van der Waals surface area contributed by atoms with Gasteiger partial charge in [0.1, 0.15) is 0 Å². The molecule has 0 unspecified atom stereocenters. The number of rotatable bonds is 4. The van der Waals surface area contributed by atoms with E-state index in [1.165, 1.54) is 26.0 Å². The molecule has 0 atom stereocenters. The number of carbonyl (C=O) groups excluding carboxylic acids is 1. The number of amidine groups is 1. The van der Waals surface area contributed by atoms with E-state index in [0.29, 0.717) is 15.6 Å². The number of methoxy groups -OCH3 is 2. The molecule has 0 saturated carbocycles. The van der Waals surface area contributed by atoms with Crippen LogP contribution in [0.15, 0.2) is 46.3 Å². The molecule has 7 nitrogen and oxygen atoms in total. The van der Waals surface area contributed by atoms with Crippen molar-refractivity contribution < 1.29 is 19.4 Å². The third-order valence-corrected chi connectivity index (χ3v) is 6.41. The number of phenols is 1. The molecule has 162 valence electrons. The van der Waals surface area contributed by atoms with Gasteiger partial charge >= 0.3 is 0 Å². The van der Waals surface area contributed by atoms with Gasteiger partial charge in [0.05, 0.1) is 19.1 Å². The van der Waals surface area contributed by atoms with Crippen LogP contribution in [0.2, 0.25) is 5.02 Å². The largest absolute Gasteiger partial charge is 0.502 e. The highest BCUT2D eigenvalue weighted by atomic mass is 35.5. The molecule has 1 N–H and O–H groups in total. The van der Waals surface area contributed by atoms with Crippen LogP contribution in [0.1, 0.15) is 5.56 Å². The monoisotopic (exact) mass is 459 g/mol. The lowest BCUT2D eigenvalue weighted by Gasteiger charge is -2.36. The zero-order chi connectivity index (χ0) is 22.0. The molecule has 2 aromatic rings. The number of halogens is 1. The minimum absolute atomic E-state index is 0.0768. The summed E-state index contributed by atoms with van der Waals surface area (Å²) < 4.78 is 10.4. The van der Waals surface area contributed by atoms with E-state index in [0.717, 1.165) is 36.9 Å². The Morgan fingerprint density at radius 2 is 1.71 bits per heavy atom. The summed E-state index contributed by atoms with van der Waals surface area (Å²) in [6, 6.07) is 11.1. The van der Waals surface area contributed by atoms with Crippen molar-refractivity contribution in [1.82, 2.24) is 4.90 Å². The number of benzene rings is 2. The number of anilines is 1. The van der Waals surface area contributed by atoms with Crippen LogP contribution in [0, 0.1) is 0 Å². The van der Waals surface area contributed by atoms with Gasteiger partial charge in [-0.25, -0.2) is 0 Å². The highest BCUT2D eigenvalue weighted by Gasteiger charge is 2.28. The maximum atomic E-state index is 12.5. The Morgan fingerprint density at radius 1 is 1.06 bits per heavy atom. The second-order valence-corrected chi connectivity index (χ2v) is 8.48. The van der Waals surface area contributed by atoms with Gasteiger partial charge in [-0.2, -0.15) is 4.99 Å². The molecule has 0 aliphatic carbocycles. The Hall–Kier alpha value is -2.84. The Balaban J connectivity index is 1.45. The number of carbonyl (C=O) groups is 1. The van der Waals surface area contributed by atoms with Gasteiger partial charge in [-0.1, -0.05) is 17.7 Å². The SMILES string of the molecule is COc1cc(/C=C2\SC(N3CCN(c4cccc(Cl)c4)CC3)=NC2=O)cc(OC)c1O. The first kappa shape index (κ1) is 21.4. The van der Waals surface area contributed by atoms with Gasteiger partial charge in [0.25, 0.3) is 5.91 Å². The number of phenolic OH excluding ortho intramolecular Hbond substituents is 1. The van der Waals surface area contributed by atoms with E-state index in [1.807, 2.05) is 24.3 Å². The van der Waals surface area contributed by atoms with Crippen molar-refractivity contribution in [2.24, 2.45) is 4.99 Å². The first-order valence-corrected chi connectivity index (χ1v) is 10.9. The van der Waals surface area contributed by atoms with Crippen LogP contribution in [0.5, 0.6) is 17.2 Å². The third kappa shape index (κ3) is 4.60. The summed E-state index contributed by atoms with van der Waals surface area (Å²) in [6.07, 6.45) is 1.73. The molecule has 0 radical (unpaired) electrons. The minimum atomic E-state index is -0.275. The Kier molecular flexibility index (Phi) is 6.29. The molecule has 2 heterocycles. The zero-order valence-electron chi connectivity index (χ0n) is 17.2. The molecule has 2 aliphatic heterocycles. The van der Waals surface area contributed by atoms with Crippen LogP contribution < -0.4 is 14.4 Å². The average Bonchev–Trinajstić information content (AvgIpc) is 3.15. The van der Waals surface area contributed by atoms with E-state index in [-0.39, 0.29) is 23.2 Å². The molecule has 4 rings (SSSR count). The van der Waals surface area contributed by atoms with E-state index in [9.17, 15) is 9.90 Å². The van der Waals surface area contributed by atoms with Crippen LogP contribution in [0.25, 0.3) is 6.08 Å². The Morgan fingerprint density at radius 3 is 2.32 bits per heavy atom. The lowest BCUT2D eigenvalue weighted by Crippen LogP contribution is -2.47. The van der Waals surface area contributed by atoms with Crippen molar-refractivity contribution in [2.45, 2.75) is 0 Å². The van der Waals surface area contributed by atoms with Gasteiger partial charge in [0.15, 0.2) is 16.7 Å². The van der Waals surface area contributed by atoms with Crippen molar-refractivity contribution in [3.63, 3.8) is 0 Å². The van der Waals surface area contributed by atoms with Crippen molar-refractivity contribution in [2.75, 3.05) is 45.3 Å². The normalized spacial score (nSPS) is 17.8. The maximum absolute atomic E-state index is 12.5. The van der Waals surface area contributed by atoms with Gasteiger partial charge in [0.2, 0.25) is 5.75 Å². The highest BCUT2D eigenvalue weighted by Crippen LogP contribution is 2.39. The van der Waals surface area contributed by atoms with Crippen molar-refractivity contribution in [1.29, 1.82) is 0 Å². The fraction of sp³-hybridized carbons (Fsp3) is 0.273. The number of ether oxygens (including phenoxy) is 2. The number of amides is 1. The maximum Gasteiger partial charge on any atom is 0.286 e. The summed E-state index contributed by atoms with van der Waals surface area (Å²) in [4.78, 5) is 21.7. The van der Waals surface area contributed by atoms with E-state index in [2.05, 4.69) is 14.8 Å². The van der Waals surface area contributed by atoms with E-state index < -0.39 is 0 Å². The third-order valence-electron chi connectivity index (χ3n) is 5.13. The average molecular weight is 460 g/mol. The minimum Gasteiger partial charge on any atom is -0.502 e. The molecule has 2 aliphatic rings. The molecule has 1 amide bonds. The molecule has 0 spiro atoms. The quantitative estimate of drug-likeness (QED) is 0.696. The molecular weight excluding hydrogens is 438 g/mol. The fourth-order valence-corrected chi connectivity index (χ4v) is 4.66. The van der Waals surface area contributed by atoms with E-state index in [4.69, 9.17) is 21.1 Å². The van der Waals surface area contributed by atoms with Crippen molar-refractivity contribution in [3.05, 3.63) is 51.9 Å². The molecular formula is C22H22ClN3O4S. The van der Waals surface area contributed by atoms with Gasteiger partial charge < -0.3 is 24.4 Å². The van der Waals surface area contributed by atoms with Crippen molar-refractivity contribution >= 4 is 46.2 Å². The number of piperazine rings is 1. The highest BCUT2D eigenvalue weighted by molar-refractivity contribution is 8.18. The summed E-state index contributed by atoms with van der Waals surface area (Å²) in [5.41, 5.74) is 1.78. The molecule has 31 heavy (non-hydrogen) atoms. The number of aliphatic imine (C=N–C) groups is 1. The Bertz CT molecular complexity index is 1040. The van der Waals surface area contributed by atoms with Gasteiger partial charge in [-0.3, -0.25) is 4.79 Å². The first-order valence-electron chi connectivity index (χ1n) is 9.71. The first-order chi connectivity index (χ1) is 15.0. The van der Waals surface area contributed by atoms with Crippen LogP contribution in [-0.2, 0) is 4.79 Å². The van der Waals surface area contributed by atoms with E-state index >= 15 is 0 Å². The summed E-state index contributed by atoms with van der Waals surface area (Å²) >= 11 is 7.46. The molecule has 1 saturated heterocycles. The number of thioether (sulfide) groups is 1. The number of aromatic hydroxyl groups is 1. The lowest BCUT2D eigenvalue weighted by atomic mass is 10.1. The number of nitrogens with zero attached hydrogens (tertiary/aromatic N) is 3. The summed E-state index contributed by atoms with van der Waals surface area (Å²) in [7, 11) is 2.93. The molecule has 9 heteroatoms. The van der Waals surface area contributed by atoms with Crippen LogP contribution >= 0.6 is 23.4 Å². The summed E-state index contributed by atoms with van der Waals surface area (Å²) in [5, 5.41) is 11.5. The predicted molar refractivity (Wildman–Crippen MR) is 124 cm³/mol. The molecule has 1 fully saturated rings. The van der Waals surface area contributed by atoms with Crippen molar-refractivity contribution in [3.8, 4) is 17.2 Å². The molecule has 0 aromatic heterocycles. The smallest absolute Gasteiger partial charge is 0.286 e. The van der Waals surface area contributed by atoms with Gasteiger partial charge in [-0.15, -0.1) is 0 Å². The van der Waals surface area contributed by atoms with Crippen LogP contribution in [0.4, 0.5) is 5.69 Å². The fourth-order valence-electron chi connectivity index (χ4n) is 3.51. The number of hydrogen-bond acceptors (Lipinski definition) is 7.